The summed E-state index contributed by atoms with van der Waals surface area (Å²) in [5.74, 6) is 0.360. The summed E-state index contributed by atoms with van der Waals surface area (Å²) in [6, 6.07) is 9.58. The normalized spacial score (nSPS) is 11.8. The standard InChI is InChI=1S/C14H17NO/c1-3-5-14(16)11(2)8-12-6-4-7-13(9-12)10-15/h4,6-7,9,11H,3,5,8H2,1-2H3. The van der Waals surface area contributed by atoms with Crippen LogP contribution in [0.1, 0.15) is 37.8 Å². The molecule has 0 saturated heterocycles. The van der Waals surface area contributed by atoms with E-state index in [2.05, 4.69) is 6.07 Å². The number of hydrogen-bond acceptors (Lipinski definition) is 2. The second kappa shape index (κ2) is 6.07. The number of benzene rings is 1. The molecule has 0 fully saturated rings. The van der Waals surface area contributed by atoms with Crippen molar-refractivity contribution < 1.29 is 4.79 Å². The van der Waals surface area contributed by atoms with Gasteiger partial charge in [0.1, 0.15) is 5.78 Å². The van der Waals surface area contributed by atoms with Crippen molar-refractivity contribution in [2.75, 3.05) is 0 Å². The van der Waals surface area contributed by atoms with E-state index in [1.807, 2.05) is 32.0 Å². The maximum absolute atomic E-state index is 11.6. The lowest BCUT2D eigenvalue weighted by Crippen LogP contribution is -2.13. The Bertz CT molecular complexity index is 403. The molecule has 0 aliphatic rings. The molecule has 2 heteroatoms. The molecular weight excluding hydrogens is 198 g/mol. The van der Waals surface area contributed by atoms with Crippen LogP contribution in [0.4, 0.5) is 0 Å². The van der Waals surface area contributed by atoms with E-state index in [0.717, 1.165) is 18.4 Å². The summed E-state index contributed by atoms with van der Waals surface area (Å²) in [5, 5.41) is 8.77. The Kier molecular flexibility index (Phi) is 4.72. The minimum atomic E-state index is 0.0499. The van der Waals surface area contributed by atoms with Gasteiger partial charge >= 0.3 is 0 Å². The Morgan fingerprint density at radius 3 is 2.88 bits per heavy atom. The molecule has 84 valence electrons. The van der Waals surface area contributed by atoms with Crippen LogP contribution in [0.25, 0.3) is 0 Å². The number of nitriles is 1. The largest absolute Gasteiger partial charge is 0.299 e. The van der Waals surface area contributed by atoms with Crippen molar-refractivity contribution >= 4 is 5.78 Å². The molecule has 1 atom stereocenters. The molecule has 1 aromatic rings. The third kappa shape index (κ3) is 3.51. The first-order valence-corrected chi connectivity index (χ1v) is 5.69. The number of ketones is 1. The van der Waals surface area contributed by atoms with Crippen LogP contribution in [-0.4, -0.2) is 5.78 Å². The molecule has 1 unspecified atom stereocenters. The van der Waals surface area contributed by atoms with E-state index in [-0.39, 0.29) is 5.92 Å². The van der Waals surface area contributed by atoms with Crippen molar-refractivity contribution in [1.82, 2.24) is 0 Å². The van der Waals surface area contributed by atoms with Crippen molar-refractivity contribution in [3.05, 3.63) is 35.4 Å². The lowest BCUT2D eigenvalue weighted by Gasteiger charge is -2.09. The summed E-state index contributed by atoms with van der Waals surface area (Å²) in [7, 11) is 0. The van der Waals surface area contributed by atoms with Crippen LogP contribution in [0.2, 0.25) is 0 Å². The highest BCUT2D eigenvalue weighted by atomic mass is 16.1. The van der Waals surface area contributed by atoms with Gasteiger partial charge in [0.15, 0.2) is 0 Å². The topological polar surface area (TPSA) is 40.9 Å². The minimum Gasteiger partial charge on any atom is -0.299 e. The molecule has 1 aromatic carbocycles. The zero-order chi connectivity index (χ0) is 12.0. The van der Waals surface area contributed by atoms with Crippen molar-refractivity contribution in [1.29, 1.82) is 5.26 Å². The molecule has 0 aliphatic carbocycles. The van der Waals surface area contributed by atoms with Crippen LogP contribution in [0.15, 0.2) is 24.3 Å². The first kappa shape index (κ1) is 12.4. The van der Waals surface area contributed by atoms with E-state index >= 15 is 0 Å². The summed E-state index contributed by atoms with van der Waals surface area (Å²) >= 11 is 0. The molecule has 1 rings (SSSR count). The van der Waals surface area contributed by atoms with Crippen molar-refractivity contribution in [2.24, 2.45) is 5.92 Å². The van der Waals surface area contributed by atoms with Crippen LogP contribution >= 0.6 is 0 Å². The van der Waals surface area contributed by atoms with E-state index in [9.17, 15) is 4.79 Å². The average molecular weight is 215 g/mol. The molecule has 16 heavy (non-hydrogen) atoms. The van der Waals surface area contributed by atoms with Crippen molar-refractivity contribution in [2.45, 2.75) is 33.1 Å². The smallest absolute Gasteiger partial charge is 0.136 e. The molecule has 0 N–H and O–H groups in total. The van der Waals surface area contributed by atoms with E-state index in [4.69, 9.17) is 5.26 Å². The van der Waals surface area contributed by atoms with Gasteiger partial charge in [0.05, 0.1) is 11.6 Å². The minimum absolute atomic E-state index is 0.0499. The number of carbonyl (C=O) groups excluding carboxylic acids is 1. The zero-order valence-electron chi connectivity index (χ0n) is 9.86. The second-order valence-corrected chi connectivity index (χ2v) is 4.13. The summed E-state index contributed by atoms with van der Waals surface area (Å²) in [6.07, 6.45) is 2.29. The number of carbonyl (C=O) groups is 1. The van der Waals surface area contributed by atoms with E-state index < -0.39 is 0 Å². The fourth-order valence-corrected chi connectivity index (χ4v) is 1.73. The molecular formula is C14H17NO. The number of nitrogens with zero attached hydrogens (tertiary/aromatic N) is 1. The maximum Gasteiger partial charge on any atom is 0.136 e. The highest BCUT2D eigenvalue weighted by Gasteiger charge is 2.12. The third-order valence-corrected chi connectivity index (χ3v) is 2.64. The van der Waals surface area contributed by atoms with Gasteiger partial charge in [-0.15, -0.1) is 0 Å². The van der Waals surface area contributed by atoms with Crippen molar-refractivity contribution in [3.63, 3.8) is 0 Å². The predicted octanol–water partition coefficient (Wildman–Crippen LogP) is 3.11. The lowest BCUT2D eigenvalue weighted by molar-refractivity contribution is -0.122. The molecule has 0 aromatic heterocycles. The molecule has 2 nitrogen and oxygen atoms in total. The summed E-state index contributed by atoms with van der Waals surface area (Å²) in [5.41, 5.74) is 1.73. The Hall–Kier alpha value is -1.62. The van der Waals surface area contributed by atoms with E-state index in [1.54, 1.807) is 6.07 Å². The molecule has 0 bridgehead atoms. The summed E-state index contributed by atoms with van der Waals surface area (Å²) < 4.78 is 0. The zero-order valence-corrected chi connectivity index (χ0v) is 9.86. The van der Waals surface area contributed by atoms with Crippen LogP contribution in [-0.2, 0) is 11.2 Å². The monoisotopic (exact) mass is 215 g/mol. The maximum atomic E-state index is 11.6. The first-order valence-electron chi connectivity index (χ1n) is 5.69. The van der Waals surface area contributed by atoms with Crippen LogP contribution in [0, 0.1) is 17.2 Å². The fraction of sp³-hybridized carbons (Fsp3) is 0.429. The van der Waals surface area contributed by atoms with Crippen LogP contribution in [0.5, 0.6) is 0 Å². The Morgan fingerprint density at radius 1 is 1.50 bits per heavy atom. The van der Waals surface area contributed by atoms with Crippen molar-refractivity contribution in [3.8, 4) is 6.07 Å². The predicted molar refractivity (Wildman–Crippen MR) is 63.9 cm³/mol. The highest BCUT2D eigenvalue weighted by molar-refractivity contribution is 5.80. The third-order valence-electron chi connectivity index (χ3n) is 2.64. The molecule has 0 amide bonds. The van der Waals surface area contributed by atoms with Gasteiger partial charge in [0.25, 0.3) is 0 Å². The SMILES string of the molecule is CCCC(=O)C(C)Cc1cccc(C#N)c1. The summed E-state index contributed by atoms with van der Waals surface area (Å²) in [4.78, 5) is 11.6. The molecule has 0 aliphatic heterocycles. The molecule has 0 spiro atoms. The van der Waals surface area contributed by atoms with Gasteiger partial charge in [0.2, 0.25) is 0 Å². The fourth-order valence-electron chi connectivity index (χ4n) is 1.73. The van der Waals surface area contributed by atoms with Gasteiger partial charge in [-0.2, -0.15) is 5.26 Å². The second-order valence-electron chi connectivity index (χ2n) is 4.13. The number of rotatable bonds is 5. The van der Waals surface area contributed by atoms with E-state index in [0.29, 0.717) is 17.8 Å². The first-order chi connectivity index (χ1) is 7.67. The van der Waals surface area contributed by atoms with Gasteiger partial charge in [-0.1, -0.05) is 26.0 Å². The number of hydrogen-bond donors (Lipinski definition) is 0. The molecule has 0 heterocycles. The number of Topliss-reactive ketones (excluding diaryl/α,β-unsaturated/α-hetero) is 1. The molecule has 0 radical (unpaired) electrons. The van der Waals surface area contributed by atoms with Gasteiger partial charge in [0, 0.05) is 12.3 Å². The van der Waals surface area contributed by atoms with Gasteiger partial charge < -0.3 is 0 Å². The Labute approximate surface area is 96.9 Å². The van der Waals surface area contributed by atoms with Gasteiger partial charge in [-0.3, -0.25) is 4.79 Å². The van der Waals surface area contributed by atoms with Crippen LogP contribution in [0.3, 0.4) is 0 Å². The Morgan fingerprint density at radius 2 is 2.25 bits per heavy atom. The van der Waals surface area contributed by atoms with Gasteiger partial charge in [-0.05, 0) is 30.5 Å². The highest BCUT2D eigenvalue weighted by Crippen LogP contribution is 2.13. The van der Waals surface area contributed by atoms with Crippen LogP contribution < -0.4 is 0 Å². The molecule has 0 saturated carbocycles. The van der Waals surface area contributed by atoms with Gasteiger partial charge in [-0.25, -0.2) is 0 Å². The Balaban J connectivity index is 2.66. The quantitative estimate of drug-likeness (QED) is 0.757. The van der Waals surface area contributed by atoms with E-state index in [1.165, 1.54) is 0 Å². The average Bonchev–Trinajstić information content (AvgIpc) is 2.29. The summed E-state index contributed by atoms with van der Waals surface area (Å²) in [6.45, 7) is 3.97. The lowest BCUT2D eigenvalue weighted by atomic mass is 9.94.